The number of nitrogen functional groups attached to an aromatic ring is 1. The van der Waals surface area contributed by atoms with Crippen LogP contribution in [-0.2, 0) is 0 Å². The second kappa shape index (κ2) is 6.16. The van der Waals surface area contributed by atoms with Crippen molar-refractivity contribution in [2.45, 2.75) is 0 Å². The van der Waals surface area contributed by atoms with E-state index in [4.69, 9.17) is 5.84 Å². The number of nitrogens with zero attached hydrogens (tertiary/aromatic N) is 2. The van der Waals surface area contributed by atoms with Gasteiger partial charge in [0.25, 0.3) is 5.69 Å². The van der Waals surface area contributed by atoms with Gasteiger partial charge in [0.05, 0.1) is 22.7 Å². The van der Waals surface area contributed by atoms with Crippen LogP contribution in [0, 0.1) is 10.1 Å². The zero-order chi connectivity index (χ0) is 14.7. The van der Waals surface area contributed by atoms with Crippen molar-refractivity contribution in [2.75, 3.05) is 10.7 Å². The molecule has 104 valence electrons. The van der Waals surface area contributed by atoms with Crippen LogP contribution in [0.5, 0.6) is 0 Å². The first-order valence-corrected chi connectivity index (χ1v) is 6.94. The molecular weight excluding hydrogens is 394 g/mol. The second-order valence-corrected chi connectivity index (χ2v) is 5.43. The van der Waals surface area contributed by atoms with Gasteiger partial charge >= 0.3 is 0 Å². The Balaban J connectivity index is 2.43. The van der Waals surface area contributed by atoms with E-state index in [0.29, 0.717) is 11.5 Å². The van der Waals surface area contributed by atoms with Gasteiger partial charge in [0.2, 0.25) is 0 Å². The van der Waals surface area contributed by atoms with Crippen molar-refractivity contribution in [2.24, 2.45) is 5.84 Å². The molecule has 0 bridgehead atoms. The Morgan fingerprint density at radius 3 is 2.35 bits per heavy atom. The zero-order valence-electron chi connectivity index (χ0n) is 9.93. The largest absolute Gasteiger partial charge is 0.338 e. The molecule has 0 saturated heterocycles. The number of benzene rings is 1. The molecule has 1 heterocycles. The number of nitro groups is 1. The fourth-order valence-electron chi connectivity index (χ4n) is 1.50. The molecule has 7 nitrogen and oxygen atoms in total. The van der Waals surface area contributed by atoms with Crippen LogP contribution in [0.4, 0.5) is 23.0 Å². The van der Waals surface area contributed by atoms with Crippen molar-refractivity contribution < 1.29 is 4.92 Å². The minimum absolute atomic E-state index is 0.112. The predicted octanol–water partition coefficient (Wildman–Crippen LogP) is 3.54. The van der Waals surface area contributed by atoms with Crippen LogP contribution in [-0.4, -0.2) is 9.91 Å². The van der Waals surface area contributed by atoms with Crippen LogP contribution in [0.15, 0.2) is 39.3 Å². The van der Waals surface area contributed by atoms with Gasteiger partial charge in [0.15, 0.2) is 0 Å². The highest BCUT2D eigenvalue weighted by Crippen LogP contribution is 2.33. The Labute approximate surface area is 131 Å². The number of hydrogen-bond acceptors (Lipinski definition) is 6. The number of hydrazine groups is 1. The van der Waals surface area contributed by atoms with Gasteiger partial charge in [-0.05, 0) is 44.0 Å². The Bertz CT molecular complexity index is 645. The molecule has 0 unspecified atom stereocenters. The molecule has 9 heteroatoms. The highest BCUT2D eigenvalue weighted by atomic mass is 79.9. The summed E-state index contributed by atoms with van der Waals surface area (Å²) < 4.78 is 1.59. The molecule has 0 spiro atoms. The van der Waals surface area contributed by atoms with Crippen molar-refractivity contribution in [3.05, 3.63) is 49.4 Å². The standard InChI is InChI=1S/C11H9Br2N5O2/c12-7-2-1-3-8(13)11(7)16-9-4-6(18(19)20)5-10(15-9)17-14/h1-5H,14H2,(H2,15,16,17). The first kappa shape index (κ1) is 14.7. The van der Waals surface area contributed by atoms with E-state index < -0.39 is 4.92 Å². The van der Waals surface area contributed by atoms with Gasteiger partial charge in [-0.25, -0.2) is 10.8 Å². The lowest BCUT2D eigenvalue weighted by atomic mass is 10.3. The average molecular weight is 403 g/mol. The quantitative estimate of drug-likeness (QED) is 0.410. The molecule has 0 aliphatic rings. The third-order valence-electron chi connectivity index (χ3n) is 2.38. The van der Waals surface area contributed by atoms with E-state index in [-0.39, 0.29) is 11.5 Å². The Morgan fingerprint density at radius 2 is 1.80 bits per heavy atom. The molecule has 0 atom stereocenters. The normalized spacial score (nSPS) is 10.2. The number of pyridine rings is 1. The number of nitrogens with two attached hydrogens (primary N) is 1. The molecule has 20 heavy (non-hydrogen) atoms. The summed E-state index contributed by atoms with van der Waals surface area (Å²) in [6, 6.07) is 8.11. The zero-order valence-corrected chi connectivity index (χ0v) is 13.1. The number of hydrogen-bond donors (Lipinski definition) is 3. The smallest absolute Gasteiger partial charge is 0.276 e. The SMILES string of the molecule is NNc1cc([N+](=O)[O-])cc(Nc2c(Br)cccc2Br)n1. The number of anilines is 3. The summed E-state index contributed by atoms with van der Waals surface area (Å²) >= 11 is 6.79. The minimum atomic E-state index is -0.511. The first-order chi connectivity index (χ1) is 9.51. The Hall–Kier alpha value is -1.71. The maximum Gasteiger partial charge on any atom is 0.276 e. The highest BCUT2D eigenvalue weighted by Gasteiger charge is 2.13. The predicted molar refractivity (Wildman–Crippen MR) is 83.8 cm³/mol. The van der Waals surface area contributed by atoms with Crippen LogP contribution in [0.2, 0.25) is 0 Å². The third kappa shape index (κ3) is 3.24. The summed E-state index contributed by atoms with van der Waals surface area (Å²) in [5, 5.41) is 13.9. The van der Waals surface area contributed by atoms with E-state index in [2.05, 4.69) is 47.6 Å². The van der Waals surface area contributed by atoms with Gasteiger partial charge in [-0.3, -0.25) is 10.1 Å². The van der Waals surface area contributed by atoms with Crippen LogP contribution >= 0.6 is 31.9 Å². The summed E-state index contributed by atoms with van der Waals surface area (Å²) in [6.45, 7) is 0. The molecule has 0 amide bonds. The van der Waals surface area contributed by atoms with E-state index in [9.17, 15) is 10.1 Å². The average Bonchev–Trinajstić information content (AvgIpc) is 2.42. The summed E-state index contributed by atoms with van der Waals surface area (Å²) in [5.41, 5.74) is 2.90. The summed E-state index contributed by atoms with van der Waals surface area (Å²) in [4.78, 5) is 14.5. The number of nitrogens with one attached hydrogen (secondary N) is 2. The summed E-state index contributed by atoms with van der Waals surface area (Å²) in [6.07, 6.45) is 0. The Kier molecular flexibility index (Phi) is 4.53. The van der Waals surface area contributed by atoms with Gasteiger partial charge in [0.1, 0.15) is 11.6 Å². The van der Waals surface area contributed by atoms with Crippen LogP contribution < -0.4 is 16.6 Å². The fraction of sp³-hybridized carbons (Fsp3) is 0. The van der Waals surface area contributed by atoms with E-state index in [1.165, 1.54) is 12.1 Å². The van der Waals surface area contributed by atoms with Gasteiger partial charge in [-0.2, -0.15) is 0 Å². The number of rotatable bonds is 4. The maximum absolute atomic E-state index is 10.9. The second-order valence-electron chi connectivity index (χ2n) is 3.72. The number of aromatic nitrogens is 1. The lowest BCUT2D eigenvalue weighted by Crippen LogP contribution is -2.10. The molecule has 2 aromatic rings. The van der Waals surface area contributed by atoms with E-state index in [1.807, 2.05) is 18.2 Å². The molecule has 0 radical (unpaired) electrons. The summed E-state index contributed by atoms with van der Waals surface area (Å²) in [5.74, 6) is 5.76. The summed E-state index contributed by atoms with van der Waals surface area (Å²) in [7, 11) is 0. The van der Waals surface area contributed by atoms with Gasteiger partial charge in [-0.15, -0.1) is 0 Å². The minimum Gasteiger partial charge on any atom is -0.338 e. The van der Waals surface area contributed by atoms with Crippen molar-refractivity contribution in [1.29, 1.82) is 0 Å². The van der Waals surface area contributed by atoms with Gasteiger partial charge in [-0.1, -0.05) is 6.07 Å². The van der Waals surface area contributed by atoms with Crippen LogP contribution in [0.25, 0.3) is 0 Å². The molecule has 4 N–H and O–H groups in total. The topological polar surface area (TPSA) is 106 Å². The number of halogens is 2. The lowest BCUT2D eigenvalue weighted by molar-refractivity contribution is -0.384. The lowest BCUT2D eigenvalue weighted by Gasteiger charge is -2.11. The monoisotopic (exact) mass is 401 g/mol. The molecule has 1 aromatic carbocycles. The maximum atomic E-state index is 10.9. The van der Waals surface area contributed by atoms with E-state index in [0.717, 1.165) is 8.95 Å². The van der Waals surface area contributed by atoms with Crippen molar-refractivity contribution in [3.8, 4) is 0 Å². The molecular formula is C11H9Br2N5O2. The molecule has 0 fully saturated rings. The van der Waals surface area contributed by atoms with E-state index in [1.54, 1.807) is 0 Å². The molecule has 2 rings (SSSR count). The molecule has 0 aliphatic carbocycles. The van der Waals surface area contributed by atoms with Crippen molar-refractivity contribution in [3.63, 3.8) is 0 Å². The van der Waals surface area contributed by atoms with Crippen LogP contribution in [0.1, 0.15) is 0 Å². The van der Waals surface area contributed by atoms with Gasteiger partial charge in [0, 0.05) is 8.95 Å². The third-order valence-corrected chi connectivity index (χ3v) is 3.71. The molecule has 0 saturated carbocycles. The van der Waals surface area contributed by atoms with Crippen molar-refractivity contribution in [1.82, 2.24) is 4.98 Å². The van der Waals surface area contributed by atoms with Crippen LogP contribution in [0.3, 0.4) is 0 Å². The van der Waals surface area contributed by atoms with Crippen molar-refractivity contribution >= 4 is 54.9 Å². The van der Waals surface area contributed by atoms with E-state index >= 15 is 0 Å². The first-order valence-electron chi connectivity index (χ1n) is 5.35. The molecule has 0 aliphatic heterocycles. The number of para-hydroxylation sites is 1. The highest BCUT2D eigenvalue weighted by molar-refractivity contribution is 9.11. The Morgan fingerprint density at radius 1 is 1.20 bits per heavy atom. The fourth-order valence-corrected chi connectivity index (χ4v) is 2.70. The molecule has 1 aromatic heterocycles. The van der Waals surface area contributed by atoms with Gasteiger partial charge < -0.3 is 10.7 Å².